The average molecular weight is 367 g/mol. The summed E-state index contributed by atoms with van der Waals surface area (Å²) < 4.78 is 12.1. The first kappa shape index (κ1) is 18.4. The monoisotopic (exact) mass is 367 g/mol. The van der Waals surface area contributed by atoms with Crippen molar-refractivity contribution < 1.29 is 13.9 Å². The molecule has 7 heteroatoms. The first-order chi connectivity index (χ1) is 13.0. The lowest BCUT2D eigenvalue weighted by molar-refractivity contribution is -0.123. The fourth-order valence-corrected chi connectivity index (χ4v) is 2.47. The largest absolute Gasteiger partial charge is 0.484 e. The third-order valence-electron chi connectivity index (χ3n) is 4.13. The van der Waals surface area contributed by atoms with Crippen molar-refractivity contribution in [2.75, 3.05) is 13.2 Å². The topological polar surface area (TPSA) is 86.4 Å². The number of rotatable bonds is 7. The van der Waals surface area contributed by atoms with E-state index < -0.39 is 0 Å². The fourth-order valence-electron chi connectivity index (χ4n) is 2.47. The molecular formula is C20H21N3O4. The highest BCUT2D eigenvalue weighted by atomic mass is 16.5. The molecule has 0 radical (unpaired) electrons. The van der Waals surface area contributed by atoms with E-state index in [-0.39, 0.29) is 31.2 Å². The summed E-state index contributed by atoms with van der Waals surface area (Å²) in [7, 11) is 0. The minimum atomic E-state index is -0.261. The van der Waals surface area contributed by atoms with Gasteiger partial charge in [0.15, 0.2) is 12.4 Å². The Hall–Kier alpha value is -3.35. The van der Waals surface area contributed by atoms with Crippen LogP contribution in [0, 0.1) is 13.8 Å². The van der Waals surface area contributed by atoms with Crippen LogP contribution in [0.5, 0.6) is 5.75 Å². The van der Waals surface area contributed by atoms with E-state index in [9.17, 15) is 9.59 Å². The number of carbonyl (C=O) groups excluding carboxylic acids is 1. The van der Waals surface area contributed by atoms with Crippen LogP contribution in [0.1, 0.15) is 11.1 Å². The zero-order valence-corrected chi connectivity index (χ0v) is 15.3. The van der Waals surface area contributed by atoms with E-state index in [1.54, 1.807) is 24.5 Å². The first-order valence-electron chi connectivity index (χ1n) is 8.62. The fraction of sp³-hybridized carbons (Fsp3) is 0.250. The highest BCUT2D eigenvalue weighted by Gasteiger charge is 2.07. The van der Waals surface area contributed by atoms with Crippen LogP contribution in [0.25, 0.3) is 11.5 Å². The van der Waals surface area contributed by atoms with Gasteiger partial charge in [-0.2, -0.15) is 5.10 Å². The molecule has 3 rings (SSSR count). The summed E-state index contributed by atoms with van der Waals surface area (Å²) in [5.41, 5.74) is 2.59. The number of aromatic nitrogens is 2. The summed E-state index contributed by atoms with van der Waals surface area (Å²) in [6.45, 7) is 4.44. The number of ether oxygens (including phenoxy) is 1. The maximum absolute atomic E-state index is 11.9. The number of furan rings is 1. The molecule has 0 atom stereocenters. The van der Waals surface area contributed by atoms with Gasteiger partial charge in [0.25, 0.3) is 11.5 Å². The number of amides is 1. The molecule has 1 N–H and O–H groups in total. The lowest BCUT2D eigenvalue weighted by atomic mass is 10.1. The van der Waals surface area contributed by atoms with Crippen LogP contribution in [0.15, 0.2) is 57.9 Å². The lowest BCUT2D eigenvalue weighted by Crippen LogP contribution is -2.34. The molecule has 2 aromatic heterocycles. The zero-order chi connectivity index (χ0) is 19.2. The van der Waals surface area contributed by atoms with Gasteiger partial charge in [-0.05, 0) is 55.3 Å². The number of nitrogens with one attached hydrogen (secondary N) is 1. The Morgan fingerprint density at radius 3 is 2.78 bits per heavy atom. The van der Waals surface area contributed by atoms with E-state index in [1.807, 2.05) is 32.0 Å². The van der Waals surface area contributed by atoms with Gasteiger partial charge < -0.3 is 14.5 Å². The van der Waals surface area contributed by atoms with Gasteiger partial charge >= 0.3 is 0 Å². The van der Waals surface area contributed by atoms with E-state index in [4.69, 9.17) is 9.15 Å². The minimum absolute atomic E-state index is 0.0860. The number of hydrogen-bond donors (Lipinski definition) is 1. The van der Waals surface area contributed by atoms with Crippen molar-refractivity contribution in [1.29, 1.82) is 0 Å². The molecule has 27 heavy (non-hydrogen) atoms. The smallest absolute Gasteiger partial charge is 0.266 e. The van der Waals surface area contributed by atoms with Gasteiger partial charge in [0.1, 0.15) is 11.4 Å². The molecule has 0 saturated carbocycles. The predicted molar refractivity (Wildman–Crippen MR) is 101 cm³/mol. The summed E-state index contributed by atoms with van der Waals surface area (Å²) >= 11 is 0. The molecule has 3 aromatic rings. The maximum Gasteiger partial charge on any atom is 0.266 e. The average Bonchev–Trinajstić information content (AvgIpc) is 3.19. The van der Waals surface area contributed by atoms with Crippen molar-refractivity contribution in [2.24, 2.45) is 0 Å². The zero-order valence-electron chi connectivity index (χ0n) is 15.3. The molecule has 0 aliphatic heterocycles. The SMILES string of the molecule is Cc1ccc(OCC(=O)NCCn2nc(-c3ccco3)ccc2=O)cc1C. The van der Waals surface area contributed by atoms with E-state index in [0.717, 1.165) is 5.56 Å². The molecule has 0 unspecified atom stereocenters. The van der Waals surface area contributed by atoms with Gasteiger partial charge in [-0.1, -0.05) is 6.07 Å². The second kappa shape index (κ2) is 8.35. The van der Waals surface area contributed by atoms with E-state index in [1.165, 1.54) is 16.3 Å². The molecule has 0 bridgehead atoms. The van der Waals surface area contributed by atoms with E-state index in [0.29, 0.717) is 17.2 Å². The van der Waals surface area contributed by atoms with Gasteiger partial charge in [-0.25, -0.2) is 4.68 Å². The molecule has 0 saturated heterocycles. The Bertz CT molecular complexity index is 977. The molecule has 0 fully saturated rings. The molecule has 1 amide bonds. The van der Waals surface area contributed by atoms with Crippen LogP contribution >= 0.6 is 0 Å². The van der Waals surface area contributed by atoms with Gasteiger partial charge in [0.2, 0.25) is 0 Å². The summed E-state index contributed by atoms with van der Waals surface area (Å²) in [6, 6.07) is 12.2. The Labute approximate surface area is 156 Å². The molecule has 0 spiro atoms. The molecule has 140 valence electrons. The predicted octanol–water partition coefficient (Wildman–Crippen LogP) is 2.32. The summed E-state index contributed by atoms with van der Waals surface area (Å²) in [5, 5.41) is 6.97. The number of carbonyl (C=O) groups is 1. The molecule has 0 aliphatic carbocycles. The second-order valence-corrected chi connectivity index (χ2v) is 6.14. The Morgan fingerprint density at radius 2 is 2.04 bits per heavy atom. The quantitative estimate of drug-likeness (QED) is 0.693. The van der Waals surface area contributed by atoms with Crippen molar-refractivity contribution in [3.05, 3.63) is 70.2 Å². The third kappa shape index (κ3) is 4.84. The van der Waals surface area contributed by atoms with Crippen molar-refractivity contribution in [3.63, 3.8) is 0 Å². The number of hydrogen-bond acceptors (Lipinski definition) is 5. The highest BCUT2D eigenvalue weighted by molar-refractivity contribution is 5.77. The number of aryl methyl sites for hydroxylation is 2. The van der Waals surface area contributed by atoms with Crippen LogP contribution in [-0.4, -0.2) is 28.8 Å². The van der Waals surface area contributed by atoms with Crippen LogP contribution in [0.4, 0.5) is 0 Å². The van der Waals surface area contributed by atoms with Crippen LogP contribution in [0.3, 0.4) is 0 Å². The summed E-state index contributed by atoms with van der Waals surface area (Å²) in [5.74, 6) is 0.968. The van der Waals surface area contributed by atoms with Gasteiger partial charge in [0.05, 0.1) is 12.8 Å². The second-order valence-electron chi connectivity index (χ2n) is 6.14. The number of benzene rings is 1. The van der Waals surface area contributed by atoms with E-state index >= 15 is 0 Å². The Morgan fingerprint density at radius 1 is 1.19 bits per heavy atom. The molecule has 7 nitrogen and oxygen atoms in total. The first-order valence-corrected chi connectivity index (χ1v) is 8.62. The van der Waals surface area contributed by atoms with Crippen molar-refractivity contribution in [3.8, 4) is 17.2 Å². The van der Waals surface area contributed by atoms with Crippen molar-refractivity contribution in [1.82, 2.24) is 15.1 Å². The standard InChI is InChI=1S/C20H21N3O4/c1-14-5-6-16(12-15(14)2)27-13-19(24)21-9-10-23-20(25)8-7-17(22-23)18-4-3-11-26-18/h3-8,11-12H,9-10,13H2,1-2H3,(H,21,24). The molecule has 2 heterocycles. The van der Waals surface area contributed by atoms with Crippen LogP contribution in [-0.2, 0) is 11.3 Å². The van der Waals surface area contributed by atoms with Crippen LogP contribution in [0.2, 0.25) is 0 Å². The Kier molecular flexibility index (Phi) is 5.71. The lowest BCUT2D eigenvalue weighted by Gasteiger charge is -2.10. The van der Waals surface area contributed by atoms with E-state index in [2.05, 4.69) is 10.4 Å². The molecule has 1 aromatic carbocycles. The molecule has 0 aliphatic rings. The van der Waals surface area contributed by atoms with Gasteiger partial charge in [-0.15, -0.1) is 0 Å². The van der Waals surface area contributed by atoms with Crippen molar-refractivity contribution in [2.45, 2.75) is 20.4 Å². The summed E-state index contributed by atoms with van der Waals surface area (Å²) in [6.07, 6.45) is 1.54. The van der Waals surface area contributed by atoms with Gasteiger partial charge in [-0.3, -0.25) is 9.59 Å². The molecular weight excluding hydrogens is 346 g/mol. The normalized spacial score (nSPS) is 10.6. The summed E-state index contributed by atoms with van der Waals surface area (Å²) in [4.78, 5) is 23.9. The van der Waals surface area contributed by atoms with Crippen molar-refractivity contribution >= 4 is 5.91 Å². The maximum atomic E-state index is 11.9. The number of nitrogens with zero attached hydrogens (tertiary/aromatic N) is 2. The highest BCUT2D eigenvalue weighted by Crippen LogP contribution is 2.16. The third-order valence-corrected chi connectivity index (χ3v) is 4.13. The van der Waals surface area contributed by atoms with Gasteiger partial charge in [0, 0.05) is 12.6 Å². The van der Waals surface area contributed by atoms with Crippen LogP contribution < -0.4 is 15.6 Å². The Balaban J connectivity index is 1.50. The minimum Gasteiger partial charge on any atom is -0.484 e.